The molecule has 1 aromatic carbocycles. The Bertz CT molecular complexity index is 1070. The summed E-state index contributed by atoms with van der Waals surface area (Å²) in [5.74, 6) is 1.19. The van der Waals surface area contributed by atoms with Crippen LogP contribution in [-0.2, 0) is 30.5 Å². The molecular formula is C23H25N3O3. The van der Waals surface area contributed by atoms with Crippen molar-refractivity contribution in [3.63, 3.8) is 0 Å². The zero-order valence-electron chi connectivity index (χ0n) is 16.9. The van der Waals surface area contributed by atoms with Gasteiger partial charge in [-0.05, 0) is 55.5 Å². The maximum absolute atomic E-state index is 13.1. The fourth-order valence-electron chi connectivity index (χ4n) is 3.69. The summed E-state index contributed by atoms with van der Waals surface area (Å²) in [5, 5.41) is 19.1. The predicted octanol–water partition coefficient (Wildman–Crippen LogP) is 3.51. The molecule has 2 aromatic rings. The van der Waals surface area contributed by atoms with E-state index >= 15 is 0 Å². The van der Waals surface area contributed by atoms with Gasteiger partial charge in [-0.15, -0.1) is 0 Å². The van der Waals surface area contributed by atoms with Crippen molar-refractivity contribution in [3.05, 3.63) is 75.0 Å². The molecule has 0 spiro atoms. The van der Waals surface area contributed by atoms with Crippen molar-refractivity contribution in [3.8, 4) is 11.8 Å². The van der Waals surface area contributed by atoms with E-state index in [1.54, 1.807) is 10.6 Å². The fourth-order valence-corrected chi connectivity index (χ4v) is 3.69. The van der Waals surface area contributed by atoms with Crippen LogP contribution in [0, 0.1) is 11.3 Å². The number of hydrogen-bond donors (Lipinski definition) is 1. The van der Waals surface area contributed by atoms with E-state index in [4.69, 9.17) is 9.72 Å². The number of rotatable bonds is 6. The average Bonchev–Trinajstić information content (AvgIpc) is 2.73. The Balaban J connectivity index is 1.97. The third-order valence-corrected chi connectivity index (χ3v) is 5.14. The van der Waals surface area contributed by atoms with Gasteiger partial charge in [-0.2, -0.15) is 5.26 Å². The lowest BCUT2D eigenvalue weighted by Gasteiger charge is -2.19. The largest absolute Gasteiger partial charge is 0.508 e. The molecule has 0 aliphatic heterocycles. The van der Waals surface area contributed by atoms with E-state index in [1.807, 2.05) is 6.92 Å². The van der Waals surface area contributed by atoms with Crippen LogP contribution >= 0.6 is 0 Å². The zero-order valence-corrected chi connectivity index (χ0v) is 16.9. The summed E-state index contributed by atoms with van der Waals surface area (Å²) in [4.78, 5) is 17.8. The van der Waals surface area contributed by atoms with Gasteiger partial charge in [0.05, 0.1) is 31.0 Å². The summed E-state index contributed by atoms with van der Waals surface area (Å²) in [6.45, 7) is 6.35. The number of methoxy groups -OCH3 is 1. The van der Waals surface area contributed by atoms with Crippen molar-refractivity contribution in [2.75, 3.05) is 7.11 Å². The molecule has 6 nitrogen and oxygen atoms in total. The number of ether oxygens (including phenoxy) is 1. The number of aromatic nitrogens is 2. The minimum atomic E-state index is 0.00939. The first kappa shape index (κ1) is 20.4. The van der Waals surface area contributed by atoms with Gasteiger partial charge in [0.2, 0.25) is 0 Å². The molecule has 1 aliphatic carbocycles. The molecule has 1 aromatic heterocycles. The molecule has 0 radical (unpaired) electrons. The van der Waals surface area contributed by atoms with E-state index in [0.717, 1.165) is 42.8 Å². The second kappa shape index (κ2) is 8.78. The number of aryl methyl sites for hydroxylation is 2. The van der Waals surface area contributed by atoms with Crippen LogP contribution in [0.4, 0.5) is 0 Å². The van der Waals surface area contributed by atoms with Crippen molar-refractivity contribution in [2.45, 2.75) is 45.6 Å². The Morgan fingerprint density at radius 2 is 2.17 bits per heavy atom. The van der Waals surface area contributed by atoms with Gasteiger partial charge in [0.1, 0.15) is 17.3 Å². The predicted molar refractivity (Wildman–Crippen MR) is 111 cm³/mol. The third-order valence-electron chi connectivity index (χ3n) is 5.14. The molecule has 1 N–H and O–H groups in total. The maximum Gasteiger partial charge on any atom is 0.257 e. The molecular weight excluding hydrogens is 366 g/mol. The van der Waals surface area contributed by atoms with Gasteiger partial charge < -0.3 is 9.84 Å². The highest BCUT2D eigenvalue weighted by atomic mass is 16.5. The van der Waals surface area contributed by atoms with Crippen LogP contribution < -0.4 is 5.56 Å². The lowest BCUT2D eigenvalue weighted by atomic mass is 9.97. The van der Waals surface area contributed by atoms with Gasteiger partial charge in [0, 0.05) is 17.5 Å². The average molecular weight is 391 g/mol. The lowest BCUT2D eigenvalue weighted by Crippen LogP contribution is -2.31. The van der Waals surface area contributed by atoms with E-state index in [1.165, 1.54) is 25.3 Å². The Labute approximate surface area is 170 Å². The molecule has 0 fully saturated rings. The smallest absolute Gasteiger partial charge is 0.257 e. The Morgan fingerprint density at radius 1 is 1.41 bits per heavy atom. The Kier molecular flexibility index (Phi) is 6.18. The number of phenolic OH excluding ortho intramolecular Hbond substituents is 1. The molecule has 29 heavy (non-hydrogen) atoms. The zero-order chi connectivity index (χ0) is 21.0. The van der Waals surface area contributed by atoms with E-state index < -0.39 is 0 Å². The van der Waals surface area contributed by atoms with Crippen molar-refractivity contribution < 1.29 is 9.84 Å². The van der Waals surface area contributed by atoms with Crippen molar-refractivity contribution in [2.24, 2.45) is 0 Å². The summed E-state index contributed by atoms with van der Waals surface area (Å²) < 4.78 is 7.14. The number of aromatic hydroxyl groups is 1. The first-order valence-electron chi connectivity index (χ1n) is 9.76. The maximum atomic E-state index is 13.1. The summed E-state index contributed by atoms with van der Waals surface area (Å²) in [5.41, 5.74) is 3.26. The van der Waals surface area contributed by atoms with Crippen LogP contribution in [-0.4, -0.2) is 21.8 Å². The summed E-state index contributed by atoms with van der Waals surface area (Å²) in [6.07, 6.45) is 6.07. The van der Waals surface area contributed by atoms with Gasteiger partial charge in [-0.3, -0.25) is 9.36 Å². The fraction of sp³-hybridized carbons (Fsp3) is 0.348. The normalized spacial score (nSPS) is 13.5. The van der Waals surface area contributed by atoms with Crippen LogP contribution in [0.25, 0.3) is 5.76 Å². The van der Waals surface area contributed by atoms with E-state index in [9.17, 15) is 15.2 Å². The highest BCUT2D eigenvalue weighted by molar-refractivity contribution is 5.69. The molecule has 0 atom stereocenters. The van der Waals surface area contributed by atoms with Crippen LogP contribution in [0.5, 0.6) is 5.75 Å². The van der Waals surface area contributed by atoms with Gasteiger partial charge in [-0.25, -0.2) is 4.98 Å². The van der Waals surface area contributed by atoms with Gasteiger partial charge in [0.15, 0.2) is 0 Å². The highest BCUT2D eigenvalue weighted by Gasteiger charge is 2.19. The summed E-state index contributed by atoms with van der Waals surface area (Å²) in [7, 11) is 1.49. The molecule has 150 valence electrons. The van der Waals surface area contributed by atoms with Crippen LogP contribution in [0.3, 0.4) is 0 Å². The number of nitriles is 1. The molecule has 1 aliphatic rings. The molecule has 0 amide bonds. The van der Waals surface area contributed by atoms with Gasteiger partial charge in [0.25, 0.3) is 5.56 Å². The first-order chi connectivity index (χ1) is 14.0. The number of phenols is 1. The number of hydrogen-bond acceptors (Lipinski definition) is 5. The number of benzene rings is 1. The SMILES string of the molecule is C=C(/C=C(\OC)c1cc(O)ccc1C#N)Cn1c(CC)nc2c(c1=O)CCCC2. The Hall–Kier alpha value is -3.33. The second-order valence-corrected chi connectivity index (χ2v) is 7.12. The van der Waals surface area contributed by atoms with E-state index in [0.29, 0.717) is 28.9 Å². The lowest BCUT2D eigenvalue weighted by molar-refractivity contribution is 0.369. The molecule has 6 heteroatoms. The molecule has 1 heterocycles. The second-order valence-electron chi connectivity index (χ2n) is 7.12. The standard InChI is InChI=1S/C23H25N3O3/c1-4-22-25-20-8-6-5-7-18(20)23(28)26(22)14-15(2)11-21(29-3)19-12-17(27)10-9-16(19)13-24/h9-12,27H,2,4-8,14H2,1,3H3/b21-11-. The molecule has 0 saturated carbocycles. The number of nitrogens with zero attached hydrogens (tertiary/aromatic N) is 3. The van der Waals surface area contributed by atoms with Gasteiger partial charge in [-0.1, -0.05) is 13.5 Å². The van der Waals surface area contributed by atoms with E-state index in [2.05, 4.69) is 12.6 Å². The van der Waals surface area contributed by atoms with Crippen LogP contribution in [0.1, 0.15) is 48.0 Å². The number of allylic oxidation sites excluding steroid dienone is 2. The van der Waals surface area contributed by atoms with Crippen LogP contribution in [0.15, 0.2) is 41.2 Å². The Morgan fingerprint density at radius 3 is 2.86 bits per heavy atom. The quantitative estimate of drug-likeness (QED) is 0.601. The van der Waals surface area contributed by atoms with Crippen molar-refractivity contribution in [1.82, 2.24) is 9.55 Å². The summed E-state index contributed by atoms with van der Waals surface area (Å²) >= 11 is 0. The molecule has 0 unspecified atom stereocenters. The van der Waals surface area contributed by atoms with E-state index in [-0.39, 0.29) is 17.9 Å². The minimum Gasteiger partial charge on any atom is -0.508 e. The van der Waals surface area contributed by atoms with Gasteiger partial charge >= 0.3 is 0 Å². The van der Waals surface area contributed by atoms with Crippen molar-refractivity contribution >= 4 is 5.76 Å². The topological polar surface area (TPSA) is 88.1 Å². The monoisotopic (exact) mass is 391 g/mol. The molecule has 0 bridgehead atoms. The third kappa shape index (κ3) is 4.24. The first-order valence-corrected chi connectivity index (χ1v) is 9.76. The number of fused-ring (bicyclic) bond motifs is 1. The summed E-state index contributed by atoms with van der Waals surface area (Å²) in [6, 6.07) is 6.56. The molecule has 0 saturated heterocycles. The highest BCUT2D eigenvalue weighted by Crippen LogP contribution is 2.25. The van der Waals surface area contributed by atoms with Crippen molar-refractivity contribution in [1.29, 1.82) is 5.26 Å². The molecule has 3 rings (SSSR count). The van der Waals surface area contributed by atoms with Crippen LogP contribution in [0.2, 0.25) is 0 Å². The minimum absolute atomic E-state index is 0.00939.